The lowest BCUT2D eigenvalue weighted by Gasteiger charge is -2.06. The van der Waals surface area contributed by atoms with Crippen LogP contribution in [0.2, 0.25) is 10.0 Å². The van der Waals surface area contributed by atoms with Crippen LogP contribution in [0.3, 0.4) is 0 Å². The summed E-state index contributed by atoms with van der Waals surface area (Å²) in [5.74, 6) is 0. The van der Waals surface area contributed by atoms with Crippen molar-refractivity contribution >= 4 is 46.9 Å². The lowest BCUT2D eigenvalue weighted by atomic mass is 10.2. The Balaban J connectivity index is 1.90. The number of aromatic nitrogens is 2. The molecule has 0 saturated heterocycles. The van der Waals surface area contributed by atoms with Crippen LogP contribution in [-0.2, 0) is 0 Å². The zero-order valence-corrected chi connectivity index (χ0v) is 15.5. The summed E-state index contributed by atoms with van der Waals surface area (Å²) in [6, 6.07) is 13.4. The fraction of sp³-hybridized carbons (Fsp3) is 0.111. The highest BCUT2D eigenvalue weighted by atomic mass is 35.5. The molecule has 0 atom stereocenters. The average Bonchev–Trinajstić information content (AvgIpc) is 2.87. The van der Waals surface area contributed by atoms with Gasteiger partial charge in [-0.3, -0.25) is 10.1 Å². The second-order valence-corrected chi connectivity index (χ2v) is 7.15. The van der Waals surface area contributed by atoms with Crippen LogP contribution in [0.25, 0.3) is 0 Å². The number of aromatic amines is 1. The van der Waals surface area contributed by atoms with E-state index in [9.17, 15) is 0 Å². The van der Waals surface area contributed by atoms with Crippen molar-refractivity contribution in [1.29, 1.82) is 0 Å². The van der Waals surface area contributed by atoms with Crippen molar-refractivity contribution in [2.45, 2.75) is 23.6 Å². The Hall–Kier alpha value is -1.75. The minimum absolute atomic E-state index is 0.581. The summed E-state index contributed by atoms with van der Waals surface area (Å²) < 4.78 is 0. The molecule has 0 aliphatic heterocycles. The Labute approximate surface area is 155 Å². The third-order valence-electron chi connectivity index (χ3n) is 3.44. The summed E-state index contributed by atoms with van der Waals surface area (Å²) in [5, 5.41) is 8.44. The van der Waals surface area contributed by atoms with Crippen LogP contribution in [0, 0.1) is 13.8 Å². The first-order chi connectivity index (χ1) is 11.5. The second kappa shape index (κ2) is 7.43. The Morgan fingerprint density at radius 1 is 1.12 bits per heavy atom. The van der Waals surface area contributed by atoms with E-state index < -0.39 is 0 Å². The summed E-state index contributed by atoms with van der Waals surface area (Å²) in [4.78, 5) is 6.79. The number of hydrogen-bond acceptors (Lipinski definition) is 3. The Bertz CT molecular complexity index is 884. The van der Waals surface area contributed by atoms with E-state index in [0.29, 0.717) is 10.0 Å². The van der Waals surface area contributed by atoms with Gasteiger partial charge in [-0.15, -0.1) is 0 Å². The number of benzene rings is 2. The standard InChI is InChI=1S/C18H15Cl2N3S/c1-11-18(12(2)23-22-11)24-17-6-4-3-5-16(17)21-10-13-7-8-14(19)9-15(13)20/h3-10H,1-2H3,(H,22,23). The van der Waals surface area contributed by atoms with Gasteiger partial charge in [-0.2, -0.15) is 5.10 Å². The number of rotatable bonds is 4. The van der Waals surface area contributed by atoms with Crippen LogP contribution in [0.4, 0.5) is 5.69 Å². The second-order valence-electron chi connectivity index (χ2n) is 5.26. The van der Waals surface area contributed by atoms with Crippen LogP contribution in [-0.4, -0.2) is 16.4 Å². The molecular formula is C18H15Cl2N3S. The molecule has 0 bridgehead atoms. The molecular weight excluding hydrogens is 361 g/mol. The first-order valence-electron chi connectivity index (χ1n) is 7.32. The molecule has 3 rings (SSSR count). The van der Waals surface area contributed by atoms with E-state index in [2.05, 4.69) is 15.2 Å². The van der Waals surface area contributed by atoms with Crippen molar-refractivity contribution in [3.8, 4) is 0 Å². The maximum atomic E-state index is 6.20. The lowest BCUT2D eigenvalue weighted by molar-refractivity contribution is 1.02. The average molecular weight is 376 g/mol. The van der Waals surface area contributed by atoms with E-state index in [1.165, 1.54) is 0 Å². The molecule has 122 valence electrons. The molecule has 0 spiro atoms. The zero-order chi connectivity index (χ0) is 17.1. The Morgan fingerprint density at radius 2 is 1.92 bits per heavy atom. The maximum Gasteiger partial charge on any atom is 0.0769 e. The molecule has 0 aliphatic carbocycles. The summed E-state index contributed by atoms with van der Waals surface area (Å²) in [5.41, 5.74) is 3.75. The molecule has 1 N–H and O–H groups in total. The summed E-state index contributed by atoms with van der Waals surface area (Å²) in [7, 11) is 0. The molecule has 2 aromatic carbocycles. The highest BCUT2D eigenvalue weighted by Gasteiger charge is 2.10. The van der Waals surface area contributed by atoms with E-state index in [-0.39, 0.29) is 0 Å². The summed E-state index contributed by atoms with van der Waals surface area (Å²) in [6.45, 7) is 4.01. The van der Waals surface area contributed by atoms with Gasteiger partial charge in [0, 0.05) is 27.4 Å². The highest BCUT2D eigenvalue weighted by Crippen LogP contribution is 2.37. The summed E-state index contributed by atoms with van der Waals surface area (Å²) in [6.07, 6.45) is 1.76. The predicted octanol–water partition coefficient (Wildman–Crippen LogP) is 6.24. The molecule has 0 radical (unpaired) electrons. The van der Waals surface area contributed by atoms with Gasteiger partial charge in [-0.05, 0) is 38.1 Å². The fourth-order valence-electron chi connectivity index (χ4n) is 2.20. The fourth-order valence-corrected chi connectivity index (χ4v) is 3.64. The maximum absolute atomic E-state index is 6.20. The number of nitrogens with zero attached hydrogens (tertiary/aromatic N) is 2. The van der Waals surface area contributed by atoms with Gasteiger partial charge in [-0.25, -0.2) is 0 Å². The van der Waals surface area contributed by atoms with Gasteiger partial charge in [0.1, 0.15) is 0 Å². The molecule has 0 unspecified atom stereocenters. The van der Waals surface area contributed by atoms with E-state index in [1.807, 2.05) is 44.2 Å². The van der Waals surface area contributed by atoms with Gasteiger partial charge in [0.2, 0.25) is 0 Å². The number of hydrogen-bond donors (Lipinski definition) is 1. The first-order valence-corrected chi connectivity index (χ1v) is 8.89. The first kappa shape index (κ1) is 17.1. The predicted molar refractivity (Wildman–Crippen MR) is 102 cm³/mol. The van der Waals surface area contributed by atoms with Gasteiger partial charge in [0.05, 0.1) is 21.3 Å². The number of halogens is 2. The van der Waals surface area contributed by atoms with Gasteiger partial charge < -0.3 is 0 Å². The van der Waals surface area contributed by atoms with Gasteiger partial charge in [0.25, 0.3) is 0 Å². The third-order valence-corrected chi connectivity index (χ3v) is 5.38. The molecule has 1 aromatic heterocycles. The smallest absolute Gasteiger partial charge is 0.0769 e. The van der Waals surface area contributed by atoms with Crippen molar-refractivity contribution in [2.75, 3.05) is 0 Å². The Morgan fingerprint density at radius 3 is 2.62 bits per heavy atom. The monoisotopic (exact) mass is 375 g/mol. The molecule has 0 amide bonds. The van der Waals surface area contributed by atoms with Crippen molar-refractivity contribution in [3.05, 3.63) is 69.5 Å². The molecule has 24 heavy (non-hydrogen) atoms. The molecule has 3 nitrogen and oxygen atoms in total. The topological polar surface area (TPSA) is 41.0 Å². The van der Waals surface area contributed by atoms with Crippen LogP contribution < -0.4 is 0 Å². The Kier molecular flexibility index (Phi) is 5.29. The minimum atomic E-state index is 0.581. The van der Waals surface area contributed by atoms with Gasteiger partial charge in [0.15, 0.2) is 0 Å². The minimum Gasteiger partial charge on any atom is -0.281 e. The molecule has 3 aromatic rings. The van der Waals surface area contributed by atoms with E-state index >= 15 is 0 Å². The number of H-pyrrole nitrogens is 1. The van der Waals surface area contributed by atoms with Gasteiger partial charge in [-0.1, -0.05) is 53.2 Å². The highest BCUT2D eigenvalue weighted by molar-refractivity contribution is 7.99. The van der Waals surface area contributed by atoms with E-state index in [4.69, 9.17) is 23.2 Å². The van der Waals surface area contributed by atoms with E-state index in [1.54, 1.807) is 30.1 Å². The van der Waals surface area contributed by atoms with Crippen molar-refractivity contribution in [1.82, 2.24) is 10.2 Å². The zero-order valence-electron chi connectivity index (χ0n) is 13.2. The number of aryl methyl sites for hydroxylation is 2. The van der Waals surface area contributed by atoms with Crippen molar-refractivity contribution in [2.24, 2.45) is 4.99 Å². The van der Waals surface area contributed by atoms with Crippen molar-refractivity contribution < 1.29 is 0 Å². The molecule has 0 aliphatic rings. The molecule has 1 heterocycles. The van der Waals surface area contributed by atoms with E-state index in [0.717, 1.165) is 32.4 Å². The third kappa shape index (κ3) is 3.83. The number of nitrogens with one attached hydrogen (secondary N) is 1. The number of para-hydroxylation sites is 1. The largest absolute Gasteiger partial charge is 0.281 e. The van der Waals surface area contributed by atoms with Crippen LogP contribution >= 0.6 is 35.0 Å². The van der Waals surface area contributed by atoms with Crippen LogP contribution in [0.5, 0.6) is 0 Å². The molecule has 6 heteroatoms. The summed E-state index contributed by atoms with van der Waals surface area (Å²) >= 11 is 13.8. The van der Waals surface area contributed by atoms with Crippen LogP contribution in [0.1, 0.15) is 17.0 Å². The molecule has 0 fully saturated rings. The van der Waals surface area contributed by atoms with Crippen molar-refractivity contribution in [3.63, 3.8) is 0 Å². The quantitative estimate of drug-likeness (QED) is 0.548. The number of aliphatic imine (C=N–C) groups is 1. The SMILES string of the molecule is Cc1n[nH]c(C)c1Sc1ccccc1N=Cc1ccc(Cl)cc1Cl. The molecule has 0 saturated carbocycles. The lowest BCUT2D eigenvalue weighted by Crippen LogP contribution is -1.84. The van der Waals surface area contributed by atoms with Crippen LogP contribution in [0.15, 0.2) is 57.2 Å². The normalized spacial score (nSPS) is 11.3. The van der Waals surface area contributed by atoms with Gasteiger partial charge >= 0.3 is 0 Å².